The van der Waals surface area contributed by atoms with Gasteiger partial charge >= 0.3 is 0 Å². The van der Waals surface area contributed by atoms with Gasteiger partial charge in [0, 0.05) is 32.2 Å². The number of amides is 1. The number of morpholine rings is 1. The summed E-state index contributed by atoms with van der Waals surface area (Å²) in [6.07, 6.45) is 0.841. The summed E-state index contributed by atoms with van der Waals surface area (Å²) in [7, 11) is 1.63. The van der Waals surface area contributed by atoms with Crippen LogP contribution in [0.4, 0.5) is 5.13 Å². The third-order valence-electron chi connectivity index (χ3n) is 5.57. The number of methoxy groups -OCH3 is 1. The van der Waals surface area contributed by atoms with E-state index in [9.17, 15) is 4.79 Å². The fourth-order valence-electron chi connectivity index (χ4n) is 3.76. The first-order valence-electron chi connectivity index (χ1n) is 11.6. The number of fused-ring (bicyclic) bond motifs is 1. The molecule has 0 N–H and O–H groups in total. The van der Waals surface area contributed by atoms with Gasteiger partial charge in [0.05, 0.1) is 37.1 Å². The topological polar surface area (TPSA) is 73.4 Å². The van der Waals surface area contributed by atoms with E-state index in [2.05, 4.69) is 4.90 Å². The van der Waals surface area contributed by atoms with Gasteiger partial charge in [-0.15, -0.1) is 0 Å². The molecule has 0 aliphatic carbocycles. The summed E-state index contributed by atoms with van der Waals surface area (Å²) in [5.41, 5.74) is 0.817. The molecule has 0 unspecified atom stereocenters. The third kappa shape index (κ3) is 6.37. The second kappa shape index (κ2) is 12.0. The number of thiazole rings is 1. The summed E-state index contributed by atoms with van der Waals surface area (Å²) in [5.74, 6) is 2.02. The average molecular weight is 486 g/mol. The van der Waals surface area contributed by atoms with E-state index in [1.165, 1.54) is 11.3 Å². The Morgan fingerprint density at radius 2 is 1.79 bits per heavy atom. The first-order chi connectivity index (χ1) is 16.7. The quantitative estimate of drug-likeness (QED) is 0.409. The second-order valence-corrected chi connectivity index (χ2v) is 8.89. The molecule has 2 aromatic carbocycles. The molecule has 0 spiro atoms. The number of ether oxygens (including phenoxy) is 4. The van der Waals surface area contributed by atoms with Crippen molar-refractivity contribution in [1.29, 1.82) is 0 Å². The van der Waals surface area contributed by atoms with Crippen LogP contribution in [-0.2, 0) is 9.53 Å². The summed E-state index contributed by atoms with van der Waals surface area (Å²) >= 11 is 1.50. The molecule has 0 radical (unpaired) electrons. The summed E-state index contributed by atoms with van der Waals surface area (Å²) in [5, 5.41) is 0.672. The lowest BCUT2D eigenvalue weighted by Gasteiger charge is -2.27. The molecule has 34 heavy (non-hydrogen) atoms. The van der Waals surface area contributed by atoms with Crippen LogP contribution >= 0.6 is 11.3 Å². The minimum Gasteiger partial charge on any atom is -0.497 e. The van der Waals surface area contributed by atoms with Gasteiger partial charge in [-0.25, -0.2) is 4.98 Å². The van der Waals surface area contributed by atoms with E-state index in [-0.39, 0.29) is 12.5 Å². The van der Waals surface area contributed by atoms with Gasteiger partial charge in [-0.05, 0) is 49.7 Å². The van der Waals surface area contributed by atoms with Crippen LogP contribution in [0.2, 0.25) is 0 Å². The first-order valence-corrected chi connectivity index (χ1v) is 12.4. The smallest absolute Gasteiger partial charge is 0.266 e. The van der Waals surface area contributed by atoms with Crippen LogP contribution in [0.1, 0.15) is 13.3 Å². The predicted octanol–water partition coefficient (Wildman–Crippen LogP) is 3.84. The van der Waals surface area contributed by atoms with E-state index in [0.717, 1.165) is 61.0 Å². The van der Waals surface area contributed by atoms with Crippen LogP contribution in [0.5, 0.6) is 17.2 Å². The number of carbonyl (C=O) groups is 1. The van der Waals surface area contributed by atoms with Crippen molar-refractivity contribution >= 4 is 32.6 Å². The number of hydrogen-bond donors (Lipinski definition) is 0. The van der Waals surface area contributed by atoms with Crippen molar-refractivity contribution in [2.75, 3.05) is 64.6 Å². The summed E-state index contributed by atoms with van der Waals surface area (Å²) in [6, 6.07) is 13.1. The molecule has 1 aromatic heterocycles. The van der Waals surface area contributed by atoms with E-state index in [4.69, 9.17) is 23.9 Å². The van der Waals surface area contributed by atoms with Crippen LogP contribution in [0.25, 0.3) is 10.2 Å². The molecule has 9 heteroatoms. The molecule has 182 valence electrons. The van der Waals surface area contributed by atoms with Gasteiger partial charge in [-0.1, -0.05) is 11.3 Å². The predicted molar refractivity (Wildman–Crippen MR) is 134 cm³/mol. The van der Waals surface area contributed by atoms with Crippen LogP contribution in [0.15, 0.2) is 42.5 Å². The molecule has 2 heterocycles. The molecule has 3 aromatic rings. The van der Waals surface area contributed by atoms with Crippen molar-refractivity contribution < 1.29 is 23.7 Å². The van der Waals surface area contributed by atoms with E-state index in [0.29, 0.717) is 24.0 Å². The van der Waals surface area contributed by atoms with Crippen LogP contribution in [-0.4, -0.2) is 75.5 Å². The number of hydrogen-bond acceptors (Lipinski definition) is 8. The Labute approximate surface area is 204 Å². The molecule has 1 fully saturated rings. The number of anilines is 1. The molecular formula is C25H31N3O5S. The highest BCUT2D eigenvalue weighted by Gasteiger charge is 2.21. The number of benzene rings is 2. The Hall–Kier alpha value is -2.88. The SMILES string of the molecule is CCOc1ccc(OCC(=O)N(CCCN2CCOCC2)c2nc3cc(OC)ccc3s2)cc1. The Balaban J connectivity index is 1.45. The number of nitrogens with zero attached hydrogens (tertiary/aromatic N) is 3. The summed E-state index contributed by atoms with van der Waals surface area (Å²) in [6.45, 7) is 7.33. The zero-order valence-corrected chi connectivity index (χ0v) is 20.5. The van der Waals surface area contributed by atoms with Crippen molar-refractivity contribution in [2.45, 2.75) is 13.3 Å². The average Bonchev–Trinajstić information content (AvgIpc) is 3.29. The third-order valence-corrected chi connectivity index (χ3v) is 6.63. The van der Waals surface area contributed by atoms with Gasteiger partial charge in [0.25, 0.3) is 5.91 Å². The van der Waals surface area contributed by atoms with Crippen molar-refractivity contribution in [3.63, 3.8) is 0 Å². The fraction of sp³-hybridized carbons (Fsp3) is 0.440. The lowest BCUT2D eigenvalue weighted by Crippen LogP contribution is -2.40. The Kier molecular flexibility index (Phi) is 8.56. The molecule has 0 bridgehead atoms. The monoisotopic (exact) mass is 485 g/mol. The molecule has 0 saturated carbocycles. The van der Waals surface area contributed by atoms with Gasteiger partial charge < -0.3 is 18.9 Å². The maximum atomic E-state index is 13.3. The van der Waals surface area contributed by atoms with E-state index < -0.39 is 0 Å². The van der Waals surface area contributed by atoms with Gasteiger partial charge in [0.15, 0.2) is 11.7 Å². The zero-order valence-electron chi connectivity index (χ0n) is 19.7. The van der Waals surface area contributed by atoms with Crippen molar-refractivity contribution in [3.05, 3.63) is 42.5 Å². The first kappa shape index (κ1) is 24.3. The van der Waals surface area contributed by atoms with Gasteiger partial charge in [-0.2, -0.15) is 0 Å². The minimum atomic E-state index is -0.123. The standard InChI is InChI=1S/C25H31N3O5S/c1-3-32-19-5-7-20(8-6-19)33-18-24(29)28(12-4-11-27-13-15-31-16-14-27)25-26-22-17-21(30-2)9-10-23(22)34-25/h5-10,17H,3-4,11-16,18H2,1-2H3. The highest BCUT2D eigenvalue weighted by atomic mass is 32.1. The van der Waals surface area contributed by atoms with Gasteiger partial charge in [0.2, 0.25) is 0 Å². The second-order valence-electron chi connectivity index (χ2n) is 7.88. The highest BCUT2D eigenvalue weighted by Crippen LogP contribution is 2.31. The van der Waals surface area contributed by atoms with Crippen molar-refractivity contribution in [1.82, 2.24) is 9.88 Å². The maximum Gasteiger partial charge on any atom is 0.266 e. The van der Waals surface area contributed by atoms with Crippen LogP contribution < -0.4 is 19.1 Å². The molecule has 1 saturated heterocycles. The largest absolute Gasteiger partial charge is 0.497 e. The Bertz CT molecular complexity index is 1070. The molecule has 1 amide bonds. The van der Waals surface area contributed by atoms with E-state index in [1.54, 1.807) is 12.0 Å². The maximum absolute atomic E-state index is 13.3. The molecule has 0 atom stereocenters. The van der Waals surface area contributed by atoms with Crippen molar-refractivity contribution in [3.8, 4) is 17.2 Å². The minimum absolute atomic E-state index is 0.0647. The molecule has 1 aliphatic heterocycles. The molecule has 8 nitrogen and oxygen atoms in total. The lowest BCUT2D eigenvalue weighted by atomic mass is 10.3. The van der Waals surface area contributed by atoms with Crippen LogP contribution in [0, 0.1) is 0 Å². The van der Waals surface area contributed by atoms with E-state index in [1.807, 2.05) is 49.4 Å². The highest BCUT2D eigenvalue weighted by molar-refractivity contribution is 7.22. The normalized spacial score (nSPS) is 14.2. The Morgan fingerprint density at radius 3 is 2.50 bits per heavy atom. The molecule has 4 rings (SSSR count). The zero-order chi connectivity index (χ0) is 23.8. The van der Waals surface area contributed by atoms with Crippen molar-refractivity contribution in [2.24, 2.45) is 0 Å². The number of rotatable bonds is 11. The number of aromatic nitrogens is 1. The lowest BCUT2D eigenvalue weighted by molar-refractivity contribution is -0.120. The van der Waals surface area contributed by atoms with E-state index >= 15 is 0 Å². The van der Waals surface area contributed by atoms with Crippen LogP contribution in [0.3, 0.4) is 0 Å². The number of carbonyl (C=O) groups excluding carboxylic acids is 1. The molecule has 1 aliphatic rings. The summed E-state index contributed by atoms with van der Waals surface area (Å²) in [4.78, 5) is 22.1. The Morgan fingerprint density at radius 1 is 1.09 bits per heavy atom. The van der Waals surface area contributed by atoms with Gasteiger partial charge in [-0.3, -0.25) is 14.6 Å². The fourth-order valence-corrected chi connectivity index (χ4v) is 4.75. The summed E-state index contributed by atoms with van der Waals surface area (Å²) < 4.78 is 23.0. The van der Waals surface area contributed by atoms with Gasteiger partial charge in [0.1, 0.15) is 17.2 Å². The molecular weight excluding hydrogens is 454 g/mol.